The summed E-state index contributed by atoms with van der Waals surface area (Å²) >= 11 is 0. The highest BCUT2D eigenvalue weighted by Crippen LogP contribution is 2.18. The number of benzene rings is 1. The van der Waals surface area contributed by atoms with Crippen LogP contribution in [-0.2, 0) is 11.0 Å². The van der Waals surface area contributed by atoms with Gasteiger partial charge in [0.2, 0.25) is 0 Å². The van der Waals surface area contributed by atoms with Crippen LogP contribution in [0.4, 0.5) is 0 Å². The molecule has 0 amide bonds. The van der Waals surface area contributed by atoms with Gasteiger partial charge < -0.3 is 0 Å². The van der Waals surface area contributed by atoms with Gasteiger partial charge in [-0.2, -0.15) is 0 Å². The molecule has 0 saturated carbocycles. The van der Waals surface area contributed by atoms with Crippen molar-refractivity contribution in [1.82, 2.24) is 4.98 Å². The van der Waals surface area contributed by atoms with Gasteiger partial charge in [-0.05, 0) is 31.2 Å². The van der Waals surface area contributed by atoms with E-state index in [2.05, 4.69) is 4.98 Å². The summed E-state index contributed by atoms with van der Waals surface area (Å²) in [5, 5.41) is 5.28. The Balaban J connectivity index is 2.38. The lowest BCUT2D eigenvalue weighted by atomic mass is 10.1. The molecule has 2 N–H and O–H groups in total. The number of hydrogen-bond acceptors (Lipinski definition) is 2. The minimum absolute atomic E-state index is 0.622. The molecule has 1 aromatic heterocycles. The fourth-order valence-electron chi connectivity index (χ4n) is 1.46. The molecule has 0 fully saturated rings. The third-order valence-corrected chi connectivity index (χ3v) is 3.01. The van der Waals surface area contributed by atoms with Gasteiger partial charge in [-0.3, -0.25) is 4.98 Å². The largest absolute Gasteiger partial charge is 0.253 e. The van der Waals surface area contributed by atoms with E-state index in [9.17, 15) is 4.21 Å². The van der Waals surface area contributed by atoms with Gasteiger partial charge in [0.25, 0.3) is 0 Å². The van der Waals surface area contributed by atoms with E-state index in [-0.39, 0.29) is 0 Å². The molecule has 1 aromatic carbocycles. The van der Waals surface area contributed by atoms with Gasteiger partial charge in [0, 0.05) is 11.3 Å². The average molecular weight is 232 g/mol. The molecule has 0 bridgehead atoms. The van der Waals surface area contributed by atoms with Gasteiger partial charge in [0.05, 0.1) is 10.6 Å². The molecule has 0 spiro atoms. The van der Waals surface area contributed by atoms with Crippen LogP contribution >= 0.6 is 0 Å². The van der Waals surface area contributed by atoms with Crippen molar-refractivity contribution in [2.75, 3.05) is 0 Å². The zero-order valence-electron chi connectivity index (χ0n) is 8.88. The van der Waals surface area contributed by atoms with Gasteiger partial charge in [0.1, 0.15) is 11.0 Å². The number of pyridine rings is 1. The predicted molar refractivity (Wildman–Crippen MR) is 65.0 cm³/mol. The van der Waals surface area contributed by atoms with Gasteiger partial charge in [-0.15, -0.1) is 0 Å². The number of hydrogen-bond donors (Lipinski definition) is 1. The summed E-state index contributed by atoms with van der Waals surface area (Å²) in [7, 11) is -1.42. The summed E-state index contributed by atoms with van der Waals surface area (Å²) in [5.41, 5.74) is 2.89. The molecule has 0 aliphatic rings. The molecular weight excluding hydrogens is 220 g/mol. The van der Waals surface area contributed by atoms with Crippen LogP contribution in [0.15, 0.2) is 47.4 Å². The van der Waals surface area contributed by atoms with Crippen LogP contribution in [0.1, 0.15) is 5.69 Å². The van der Waals surface area contributed by atoms with E-state index in [1.54, 1.807) is 12.1 Å². The standard InChI is InChI=1S/C12H12N2OS/c1-9-3-2-4-12(14-9)10-5-7-11(8-6-10)16(13)15/h2-8H,13H2,1H3. The molecule has 2 rings (SSSR count). The number of nitrogens with zero attached hydrogens (tertiary/aromatic N) is 1. The zero-order valence-corrected chi connectivity index (χ0v) is 9.70. The molecule has 2 aromatic rings. The van der Waals surface area contributed by atoms with Crippen molar-refractivity contribution in [3.8, 4) is 11.3 Å². The first-order chi connectivity index (χ1) is 7.66. The molecule has 4 heteroatoms. The quantitative estimate of drug-likeness (QED) is 0.861. The van der Waals surface area contributed by atoms with Crippen LogP contribution < -0.4 is 5.14 Å². The van der Waals surface area contributed by atoms with Crippen LogP contribution in [0.3, 0.4) is 0 Å². The molecule has 0 aliphatic heterocycles. The predicted octanol–water partition coefficient (Wildman–Crippen LogP) is 2.04. The maximum Gasteiger partial charge on any atom is 0.122 e. The van der Waals surface area contributed by atoms with E-state index in [0.29, 0.717) is 4.90 Å². The molecular formula is C12H12N2OS. The van der Waals surface area contributed by atoms with Crippen molar-refractivity contribution in [1.29, 1.82) is 0 Å². The summed E-state index contributed by atoms with van der Waals surface area (Å²) in [6.07, 6.45) is 0. The van der Waals surface area contributed by atoms with Crippen molar-refractivity contribution in [3.05, 3.63) is 48.2 Å². The maximum atomic E-state index is 11.0. The van der Waals surface area contributed by atoms with Crippen molar-refractivity contribution in [3.63, 3.8) is 0 Å². The summed E-state index contributed by atoms with van der Waals surface area (Å²) in [6.45, 7) is 1.95. The third-order valence-electron chi connectivity index (χ3n) is 2.27. The molecule has 1 atom stereocenters. The van der Waals surface area contributed by atoms with Crippen molar-refractivity contribution in [2.45, 2.75) is 11.8 Å². The summed E-state index contributed by atoms with van der Waals surface area (Å²) in [5.74, 6) is 0. The first-order valence-electron chi connectivity index (χ1n) is 4.87. The Labute approximate surface area is 96.9 Å². The Bertz CT molecular complexity index is 523. The highest BCUT2D eigenvalue weighted by Gasteiger charge is 2.01. The molecule has 0 saturated heterocycles. The molecule has 3 nitrogen and oxygen atoms in total. The van der Waals surface area contributed by atoms with Gasteiger partial charge in [0.15, 0.2) is 0 Å². The Morgan fingerprint density at radius 3 is 2.38 bits per heavy atom. The number of aryl methyl sites for hydroxylation is 1. The highest BCUT2D eigenvalue weighted by molar-refractivity contribution is 7.82. The molecule has 1 unspecified atom stereocenters. The topological polar surface area (TPSA) is 56.0 Å². The zero-order chi connectivity index (χ0) is 11.5. The SMILES string of the molecule is Cc1cccc(-c2ccc(S(N)=O)cc2)n1. The van der Waals surface area contributed by atoms with E-state index in [1.165, 1.54) is 0 Å². The van der Waals surface area contributed by atoms with Crippen molar-refractivity contribution in [2.24, 2.45) is 5.14 Å². The van der Waals surface area contributed by atoms with E-state index in [4.69, 9.17) is 5.14 Å². The first-order valence-corrected chi connectivity index (χ1v) is 6.08. The van der Waals surface area contributed by atoms with Crippen molar-refractivity contribution >= 4 is 11.0 Å². The minimum atomic E-state index is -1.42. The van der Waals surface area contributed by atoms with Crippen LogP contribution in [0.5, 0.6) is 0 Å². The number of aromatic nitrogens is 1. The lowest BCUT2D eigenvalue weighted by molar-refractivity contribution is 0.684. The summed E-state index contributed by atoms with van der Waals surface area (Å²) in [6, 6.07) is 13.1. The second-order valence-corrected chi connectivity index (χ2v) is 4.55. The van der Waals surface area contributed by atoms with Crippen LogP contribution in [0.25, 0.3) is 11.3 Å². The third kappa shape index (κ3) is 2.35. The maximum absolute atomic E-state index is 11.0. The van der Waals surface area contributed by atoms with Gasteiger partial charge in [-0.1, -0.05) is 18.2 Å². The van der Waals surface area contributed by atoms with Crippen LogP contribution in [0.2, 0.25) is 0 Å². The fourth-order valence-corrected chi connectivity index (χ4v) is 1.87. The molecule has 0 radical (unpaired) electrons. The Morgan fingerprint density at radius 2 is 1.81 bits per heavy atom. The lowest BCUT2D eigenvalue weighted by Crippen LogP contribution is -2.01. The second kappa shape index (κ2) is 4.55. The lowest BCUT2D eigenvalue weighted by Gasteiger charge is -2.02. The molecule has 0 aliphatic carbocycles. The fraction of sp³-hybridized carbons (Fsp3) is 0.0833. The first kappa shape index (κ1) is 11.0. The van der Waals surface area contributed by atoms with Gasteiger partial charge >= 0.3 is 0 Å². The monoisotopic (exact) mass is 232 g/mol. The average Bonchev–Trinajstić information content (AvgIpc) is 2.29. The summed E-state index contributed by atoms with van der Waals surface area (Å²) in [4.78, 5) is 5.03. The Hall–Kier alpha value is -1.52. The highest BCUT2D eigenvalue weighted by atomic mass is 32.2. The number of nitrogens with two attached hydrogens (primary N) is 1. The Morgan fingerprint density at radius 1 is 1.12 bits per heavy atom. The van der Waals surface area contributed by atoms with Gasteiger partial charge in [-0.25, -0.2) is 9.35 Å². The smallest absolute Gasteiger partial charge is 0.122 e. The second-order valence-electron chi connectivity index (χ2n) is 3.49. The van der Waals surface area contributed by atoms with E-state index < -0.39 is 11.0 Å². The van der Waals surface area contributed by atoms with Crippen molar-refractivity contribution < 1.29 is 4.21 Å². The molecule has 1 heterocycles. The van der Waals surface area contributed by atoms with E-state index in [1.807, 2.05) is 37.3 Å². The van der Waals surface area contributed by atoms with E-state index >= 15 is 0 Å². The molecule has 16 heavy (non-hydrogen) atoms. The van der Waals surface area contributed by atoms with Crippen LogP contribution in [0, 0.1) is 6.92 Å². The van der Waals surface area contributed by atoms with Crippen LogP contribution in [-0.4, -0.2) is 9.19 Å². The van der Waals surface area contributed by atoms with E-state index in [0.717, 1.165) is 17.0 Å². The minimum Gasteiger partial charge on any atom is -0.253 e. The summed E-state index contributed by atoms with van der Waals surface area (Å²) < 4.78 is 11.0. The normalized spacial score (nSPS) is 12.4. The Kier molecular flexibility index (Phi) is 3.12. The number of rotatable bonds is 2. The molecule has 82 valence electrons.